The number of phenols is 1. The first-order valence-electron chi connectivity index (χ1n) is 6.40. The van der Waals surface area contributed by atoms with Crippen LogP contribution >= 0.6 is 11.6 Å². The van der Waals surface area contributed by atoms with Gasteiger partial charge < -0.3 is 10.4 Å². The summed E-state index contributed by atoms with van der Waals surface area (Å²) in [5, 5.41) is 11.9. The summed E-state index contributed by atoms with van der Waals surface area (Å²) in [5.41, 5.74) is -0.337. The third-order valence-corrected chi connectivity index (χ3v) is 3.75. The zero-order valence-corrected chi connectivity index (χ0v) is 11.9. The van der Waals surface area contributed by atoms with Crippen molar-refractivity contribution in [2.45, 2.75) is 32.1 Å². The van der Waals surface area contributed by atoms with E-state index in [1.54, 1.807) is 0 Å². The summed E-state index contributed by atoms with van der Waals surface area (Å²) in [7, 11) is 0. The molecule has 0 saturated carbocycles. The summed E-state index contributed by atoms with van der Waals surface area (Å²) in [5.74, 6) is -1.46. The lowest BCUT2D eigenvalue weighted by Gasteiger charge is -2.19. The van der Waals surface area contributed by atoms with Gasteiger partial charge in [0.25, 0.3) is 5.91 Å². The fourth-order valence-electron chi connectivity index (χ4n) is 1.98. The van der Waals surface area contributed by atoms with E-state index in [2.05, 4.69) is 5.32 Å². The van der Waals surface area contributed by atoms with Crippen LogP contribution in [0, 0.1) is 11.7 Å². The molecule has 2 N–H and O–H groups in total. The van der Waals surface area contributed by atoms with Gasteiger partial charge in [-0.25, -0.2) is 4.39 Å². The molecule has 1 amide bonds. The first-order chi connectivity index (χ1) is 9.01. The molecule has 0 aliphatic carbocycles. The van der Waals surface area contributed by atoms with Crippen molar-refractivity contribution >= 4 is 17.5 Å². The number of rotatable bonds is 6. The van der Waals surface area contributed by atoms with E-state index in [0.717, 1.165) is 18.9 Å². The second-order valence-corrected chi connectivity index (χ2v) is 5.00. The number of halogens is 2. The lowest BCUT2D eigenvalue weighted by Crippen LogP contribution is -2.33. The number of benzene rings is 1. The minimum absolute atomic E-state index is 0.201. The normalized spacial score (nSPS) is 12.5. The number of aromatic hydroxyl groups is 1. The van der Waals surface area contributed by atoms with Crippen LogP contribution in [0.25, 0.3) is 0 Å². The standard InChI is InChI=1S/C14H19ClFNO2/c1-3-9(4-2)10(15)8-17-14(19)13-11(16)6-5-7-12(13)18/h5-7,9-10,18H,3-4,8H2,1-2H3,(H,17,19). The molecule has 0 aliphatic heterocycles. The van der Waals surface area contributed by atoms with Gasteiger partial charge in [-0.1, -0.05) is 32.8 Å². The monoisotopic (exact) mass is 287 g/mol. The minimum atomic E-state index is -0.744. The Kier molecular flexibility index (Phi) is 6.09. The number of hydrogen-bond donors (Lipinski definition) is 2. The Morgan fingerprint density at radius 3 is 2.58 bits per heavy atom. The summed E-state index contributed by atoms with van der Waals surface area (Å²) in [6.07, 6.45) is 1.84. The van der Waals surface area contributed by atoms with Gasteiger partial charge in [0, 0.05) is 6.54 Å². The van der Waals surface area contributed by atoms with Crippen molar-refractivity contribution in [3.05, 3.63) is 29.6 Å². The van der Waals surface area contributed by atoms with Crippen molar-refractivity contribution in [3.63, 3.8) is 0 Å². The van der Waals surface area contributed by atoms with Crippen LogP contribution in [-0.2, 0) is 0 Å². The largest absolute Gasteiger partial charge is 0.507 e. The number of carbonyl (C=O) groups excluding carboxylic acids is 1. The van der Waals surface area contributed by atoms with E-state index in [0.29, 0.717) is 5.92 Å². The summed E-state index contributed by atoms with van der Waals surface area (Å²) in [4.78, 5) is 11.8. The Hall–Kier alpha value is -1.29. The zero-order chi connectivity index (χ0) is 14.4. The molecule has 1 unspecified atom stereocenters. The summed E-state index contributed by atoms with van der Waals surface area (Å²) in [6.45, 7) is 4.32. The Balaban J connectivity index is 2.66. The molecule has 1 rings (SSSR count). The average molecular weight is 288 g/mol. The molecule has 0 saturated heterocycles. The van der Waals surface area contributed by atoms with Gasteiger partial charge in [-0.2, -0.15) is 0 Å². The van der Waals surface area contributed by atoms with Gasteiger partial charge in [0.2, 0.25) is 0 Å². The minimum Gasteiger partial charge on any atom is -0.507 e. The van der Waals surface area contributed by atoms with E-state index in [-0.39, 0.29) is 23.2 Å². The Bertz CT molecular complexity index is 415. The molecule has 1 aromatic rings. The van der Waals surface area contributed by atoms with Crippen molar-refractivity contribution in [2.75, 3.05) is 6.54 Å². The van der Waals surface area contributed by atoms with Gasteiger partial charge in [-0.3, -0.25) is 4.79 Å². The van der Waals surface area contributed by atoms with E-state index in [1.807, 2.05) is 13.8 Å². The molecule has 0 heterocycles. The highest BCUT2D eigenvalue weighted by Gasteiger charge is 2.20. The molecular formula is C14H19ClFNO2. The number of phenolic OH excluding ortho intramolecular Hbond substituents is 1. The van der Waals surface area contributed by atoms with Crippen LogP contribution in [0.2, 0.25) is 0 Å². The molecule has 0 spiro atoms. The Labute approximate surface area is 117 Å². The molecule has 1 aromatic carbocycles. The smallest absolute Gasteiger partial charge is 0.258 e. The van der Waals surface area contributed by atoms with Crippen molar-refractivity contribution < 1.29 is 14.3 Å². The average Bonchev–Trinajstić information content (AvgIpc) is 2.37. The molecule has 0 aliphatic rings. The molecule has 0 aromatic heterocycles. The van der Waals surface area contributed by atoms with Gasteiger partial charge in [-0.15, -0.1) is 11.6 Å². The maximum atomic E-state index is 13.5. The summed E-state index contributed by atoms with van der Waals surface area (Å²) in [6, 6.07) is 3.75. The molecule has 0 radical (unpaired) electrons. The van der Waals surface area contributed by atoms with E-state index in [4.69, 9.17) is 11.6 Å². The number of carbonyl (C=O) groups is 1. The van der Waals surface area contributed by atoms with Crippen LogP contribution in [0.3, 0.4) is 0 Å². The molecular weight excluding hydrogens is 269 g/mol. The highest BCUT2D eigenvalue weighted by molar-refractivity contribution is 6.21. The highest BCUT2D eigenvalue weighted by atomic mass is 35.5. The van der Waals surface area contributed by atoms with E-state index >= 15 is 0 Å². The predicted octanol–water partition coefficient (Wildman–Crippen LogP) is 3.30. The van der Waals surface area contributed by atoms with Crippen LogP contribution in [-0.4, -0.2) is 22.9 Å². The first-order valence-corrected chi connectivity index (χ1v) is 6.84. The van der Waals surface area contributed by atoms with Gasteiger partial charge in [0.1, 0.15) is 17.1 Å². The number of amides is 1. The fraction of sp³-hybridized carbons (Fsp3) is 0.500. The first kappa shape index (κ1) is 15.8. The van der Waals surface area contributed by atoms with Gasteiger partial charge in [0.05, 0.1) is 5.38 Å². The maximum absolute atomic E-state index is 13.5. The highest BCUT2D eigenvalue weighted by Crippen LogP contribution is 2.21. The van der Waals surface area contributed by atoms with Crippen molar-refractivity contribution in [1.82, 2.24) is 5.32 Å². The van der Waals surface area contributed by atoms with Crippen molar-refractivity contribution in [1.29, 1.82) is 0 Å². The van der Waals surface area contributed by atoms with Crippen LogP contribution in [0.1, 0.15) is 37.0 Å². The fourth-order valence-corrected chi connectivity index (χ4v) is 2.42. The molecule has 19 heavy (non-hydrogen) atoms. The second kappa shape index (κ2) is 7.34. The van der Waals surface area contributed by atoms with E-state index in [1.165, 1.54) is 12.1 Å². The molecule has 106 valence electrons. The van der Waals surface area contributed by atoms with Crippen LogP contribution < -0.4 is 5.32 Å². The quantitative estimate of drug-likeness (QED) is 0.789. The van der Waals surface area contributed by atoms with Crippen LogP contribution in [0.15, 0.2) is 18.2 Å². The van der Waals surface area contributed by atoms with Gasteiger partial charge >= 0.3 is 0 Å². The second-order valence-electron chi connectivity index (χ2n) is 4.44. The predicted molar refractivity (Wildman–Crippen MR) is 74.1 cm³/mol. The molecule has 3 nitrogen and oxygen atoms in total. The van der Waals surface area contributed by atoms with Crippen LogP contribution in [0.4, 0.5) is 4.39 Å². The Morgan fingerprint density at radius 2 is 2.05 bits per heavy atom. The molecule has 1 atom stereocenters. The number of hydrogen-bond acceptors (Lipinski definition) is 2. The SMILES string of the molecule is CCC(CC)C(Cl)CNC(=O)c1c(O)cccc1F. The van der Waals surface area contributed by atoms with Crippen LogP contribution in [0.5, 0.6) is 5.75 Å². The third-order valence-electron chi connectivity index (χ3n) is 3.24. The zero-order valence-electron chi connectivity index (χ0n) is 11.1. The number of nitrogens with one attached hydrogen (secondary N) is 1. The summed E-state index contributed by atoms with van der Waals surface area (Å²) < 4.78 is 13.5. The topological polar surface area (TPSA) is 49.3 Å². The van der Waals surface area contributed by atoms with Crippen molar-refractivity contribution in [2.24, 2.45) is 5.92 Å². The maximum Gasteiger partial charge on any atom is 0.258 e. The summed E-state index contributed by atoms with van der Waals surface area (Å²) >= 11 is 6.19. The number of alkyl halides is 1. The van der Waals surface area contributed by atoms with Gasteiger partial charge in [0.15, 0.2) is 0 Å². The lowest BCUT2D eigenvalue weighted by molar-refractivity contribution is 0.0944. The van der Waals surface area contributed by atoms with E-state index in [9.17, 15) is 14.3 Å². The van der Waals surface area contributed by atoms with Gasteiger partial charge in [-0.05, 0) is 18.1 Å². The Morgan fingerprint density at radius 1 is 1.42 bits per heavy atom. The molecule has 0 bridgehead atoms. The van der Waals surface area contributed by atoms with Crippen molar-refractivity contribution in [3.8, 4) is 5.75 Å². The van der Waals surface area contributed by atoms with E-state index < -0.39 is 11.7 Å². The molecule has 0 fully saturated rings. The lowest BCUT2D eigenvalue weighted by atomic mass is 9.99. The molecule has 5 heteroatoms. The third kappa shape index (κ3) is 4.10.